The molecule has 3 rings (SSSR count). The maximum Gasteiger partial charge on any atom is 0.469 e. The van der Waals surface area contributed by atoms with Crippen LogP contribution in [0.3, 0.4) is 0 Å². The number of imidazole rings is 1. The summed E-state index contributed by atoms with van der Waals surface area (Å²) in [7, 11) is -4.75. The predicted molar refractivity (Wildman–Crippen MR) is 74.8 cm³/mol. The van der Waals surface area contributed by atoms with Crippen molar-refractivity contribution in [3.63, 3.8) is 0 Å². The summed E-state index contributed by atoms with van der Waals surface area (Å²) in [6.07, 6.45) is -3.16. The Morgan fingerprint density at radius 3 is 2.79 bits per heavy atom. The van der Waals surface area contributed by atoms with Crippen LogP contribution < -0.4 is 10.5 Å². The molecule has 0 saturated carbocycles. The summed E-state index contributed by atoms with van der Waals surface area (Å²) in [6.45, 7) is -0.637. The lowest BCUT2D eigenvalue weighted by Crippen LogP contribution is -2.33. The van der Waals surface area contributed by atoms with Crippen molar-refractivity contribution in [1.82, 2.24) is 14.5 Å². The van der Waals surface area contributed by atoms with Crippen molar-refractivity contribution in [3.8, 4) is 0 Å². The highest BCUT2D eigenvalue weighted by molar-refractivity contribution is 7.46. The number of ether oxygens (including phenoxy) is 1. The summed E-state index contributed by atoms with van der Waals surface area (Å²) in [4.78, 5) is 25.2. The second-order valence-corrected chi connectivity index (χ2v) is 6.35. The summed E-state index contributed by atoms with van der Waals surface area (Å²) in [6, 6.07) is 0. The van der Waals surface area contributed by atoms with Crippen LogP contribution in [0.25, 0.3) is 11.2 Å². The van der Waals surface area contributed by atoms with Gasteiger partial charge in [-0.15, -0.1) is 0 Å². The van der Waals surface area contributed by atoms with Crippen molar-refractivity contribution in [2.45, 2.75) is 24.5 Å². The second kappa shape index (κ2) is 5.89. The molecular formula is C10H14N5O8P. The fourth-order valence-electron chi connectivity index (χ4n) is 2.39. The van der Waals surface area contributed by atoms with Gasteiger partial charge in [0.2, 0.25) is 12.0 Å². The van der Waals surface area contributed by atoms with E-state index in [4.69, 9.17) is 20.3 Å². The first-order valence-electron chi connectivity index (χ1n) is 6.61. The van der Waals surface area contributed by atoms with Crippen LogP contribution in [0.1, 0.15) is 6.23 Å². The summed E-state index contributed by atoms with van der Waals surface area (Å²) in [5, 5.41) is 31.4. The number of aromatic nitrogens is 4. The van der Waals surface area contributed by atoms with E-state index in [0.717, 1.165) is 6.33 Å². The van der Waals surface area contributed by atoms with E-state index in [1.54, 1.807) is 0 Å². The van der Waals surface area contributed by atoms with E-state index in [1.165, 1.54) is 10.9 Å². The van der Waals surface area contributed by atoms with Crippen LogP contribution in [0.5, 0.6) is 0 Å². The zero-order chi connectivity index (χ0) is 17.6. The SMILES string of the molecule is Nc1c2ncn([C@@H]3O[C@H](COP(=O)(O)O)[C@@H](O)[C@H]3O)c2nc[n+]1[O-]. The summed E-state index contributed by atoms with van der Waals surface area (Å²) >= 11 is 0. The van der Waals surface area contributed by atoms with Crippen LogP contribution in [0, 0.1) is 5.21 Å². The molecule has 2 aromatic rings. The summed E-state index contributed by atoms with van der Waals surface area (Å²) in [5.41, 5.74) is 5.80. The van der Waals surface area contributed by atoms with E-state index in [-0.39, 0.29) is 17.0 Å². The quantitative estimate of drug-likeness (QED) is 0.216. The number of nitrogens with two attached hydrogens (primary N) is 1. The van der Waals surface area contributed by atoms with Crippen molar-refractivity contribution in [1.29, 1.82) is 0 Å². The number of nitrogens with zero attached hydrogens (tertiary/aromatic N) is 4. The largest absolute Gasteiger partial charge is 0.740 e. The Hall–Kier alpha value is -1.86. The van der Waals surface area contributed by atoms with E-state index in [9.17, 15) is 20.0 Å². The molecule has 6 N–H and O–H groups in total. The first-order valence-corrected chi connectivity index (χ1v) is 8.14. The van der Waals surface area contributed by atoms with Gasteiger partial charge in [0, 0.05) is 0 Å². The Morgan fingerprint density at radius 1 is 1.42 bits per heavy atom. The molecule has 2 aromatic heterocycles. The lowest BCUT2D eigenvalue weighted by Gasteiger charge is -2.15. The van der Waals surface area contributed by atoms with Crippen molar-refractivity contribution < 1.29 is 38.6 Å². The minimum atomic E-state index is -4.75. The van der Waals surface area contributed by atoms with Crippen LogP contribution >= 0.6 is 7.82 Å². The maximum absolute atomic E-state index is 11.4. The average molecular weight is 363 g/mol. The van der Waals surface area contributed by atoms with Crippen LogP contribution in [-0.2, 0) is 13.8 Å². The monoisotopic (exact) mass is 363 g/mol. The second-order valence-electron chi connectivity index (χ2n) is 5.11. The molecule has 1 fully saturated rings. The Kier molecular flexibility index (Phi) is 4.17. The normalized spacial score (nSPS) is 27.8. The highest BCUT2D eigenvalue weighted by atomic mass is 31.2. The van der Waals surface area contributed by atoms with Crippen LogP contribution in [0.2, 0.25) is 0 Å². The van der Waals surface area contributed by atoms with E-state index >= 15 is 0 Å². The fraction of sp³-hybridized carbons (Fsp3) is 0.500. The fourth-order valence-corrected chi connectivity index (χ4v) is 2.73. The summed E-state index contributed by atoms with van der Waals surface area (Å²) in [5.74, 6) is -0.201. The van der Waals surface area contributed by atoms with Gasteiger partial charge in [-0.2, -0.15) is 0 Å². The van der Waals surface area contributed by atoms with Crippen molar-refractivity contribution in [2.75, 3.05) is 12.3 Å². The van der Waals surface area contributed by atoms with Crippen molar-refractivity contribution >= 4 is 24.8 Å². The third-order valence-corrected chi connectivity index (χ3v) is 4.04. The van der Waals surface area contributed by atoms with Crippen molar-refractivity contribution in [2.24, 2.45) is 0 Å². The smallest absolute Gasteiger partial charge is 0.469 e. The minimum Gasteiger partial charge on any atom is -0.740 e. The Bertz CT molecular complexity index is 808. The van der Waals surface area contributed by atoms with Crippen molar-refractivity contribution in [3.05, 3.63) is 17.9 Å². The van der Waals surface area contributed by atoms with E-state index < -0.39 is 39.0 Å². The molecule has 0 unspecified atom stereocenters. The molecule has 1 aliphatic heterocycles. The Labute approximate surface area is 133 Å². The zero-order valence-corrected chi connectivity index (χ0v) is 12.8. The average Bonchev–Trinajstić information content (AvgIpc) is 3.04. The third-order valence-electron chi connectivity index (χ3n) is 3.55. The first kappa shape index (κ1) is 17.0. The molecule has 0 amide bonds. The Morgan fingerprint density at radius 2 is 2.12 bits per heavy atom. The first-order chi connectivity index (χ1) is 11.2. The van der Waals surface area contributed by atoms with Gasteiger partial charge in [0.25, 0.3) is 5.82 Å². The number of phosphoric acid groups is 1. The summed E-state index contributed by atoms with van der Waals surface area (Å²) < 4.78 is 22.0. The third kappa shape index (κ3) is 2.93. The predicted octanol–water partition coefficient (Wildman–Crippen LogP) is -2.62. The molecule has 0 radical (unpaired) electrons. The number of phosphoric ester groups is 1. The lowest BCUT2D eigenvalue weighted by atomic mass is 10.1. The molecule has 4 atom stereocenters. The number of aliphatic hydroxyl groups is 2. The van der Waals surface area contributed by atoms with Gasteiger partial charge in [0.15, 0.2) is 11.7 Å². The molecule has 14 heteroatoms. The number of fused-ring (bicyclic) bond motifs is 1. The lowest BCUT2D eigenvalue weighted by molar-refractivity contribution is -0.592. The van der Waals surface area contributed by atoms with Gasteiger partial charge >= 0.3 is 7.82 Å². The molecule has 132 valence electrons. The standard InChI is InChI=1S/C10H14N5O8P/c11-8-5-9(13-3-15(8)18)14(2-12-5)10-7(17)6(16)4(23-10)1-22-24(19,20)21/h2-4,6-7,10,16-17H,1,11H2,(H2,19,20,21)/t4-,6-,7-,10-/m1/s1. The van der Waals surface area contributed by atoms with Crippen LogP contribution in [0.15, 0.2) is 12.7 Å². The Balaban J connectivity index is 1.88. The highest BCUT2D eigenvalue weighted by Crippen LogP contribution is 2.38. The number of hydrogen-bond donors (Lipinski definition) is 5. The zero-order valence-electron chi connectivity index (χ0n) is 11.9. The van der Waals surface area contributed by atoms with Crippen LogP contribution in [-0.4, -0.2) is 59.5 Å². The molecule has 1 aliphatic rings. The molecular weight excluding hydrogens is 349 g/mol. The van der Waals surface area contributed by atoms with E-state index in [2.05, 4.69) is 14.5 Å². The minimum absolute atomic E-state index is 0.0766. The van der Waals surface area contributed by atoms with Gasteiger partial charge in [0.05, 0.1) is 6.61 Å². The molecule has 0 aromatic carbocycles. The molecule has 13 nitrogen and oxygen atoms in total. The highest BCUT2D eigenvalue weighted by Gasteiger charge is 2.45. The maximum atomic E-state index is 11.4. The van der Waals surface area contributed by atoms with E-state index in [0.29, 0.717) is 4.73 Å². The molecule has 0 spiro atoms. The number of hydrogen-bond acceptors (Lipinski definition) is 9. The van der Waals surface area contributed by atoms with Gasteiger partial charge < -0.3 is 35.7 Å². The van der Waals surface area contributed by atoms with Crippen LogP contribution in [0.4, 0.5) is 5.82 Å². The molecule has 24 heavy (non-hydrogen) atoms. The molecule has 0 aliphatic carbocycles. The van der Waals surface area contributed by atoms with Gasteiger partial charge in [0.1, 0.15) is 24.6 Å². The number of nitrogen functional groups attached to an aromatic ring is 1. The molecule has 0 bridgehead atoms. The van der Waals surface area contributed by atoms with Gasteiger partial charge in [-0.05, 0) is 0 Å². The number of aliphatic hydroxyl groups excluding tert-OH is 2. The topological polar surface area (TPSA) is 200 Å². The molecule has 1 saturated heterocycles. The number of anilines is 1. The van der Waals surface area contributed by atoms with E-state index in [1.807, 2.05) is 0 Å². The molecule has 3 heterocycles. The number of rotatable bonds is 4. The van der Waals surface area contributed by atoms with Gasteiger partial charge in [-0.1, -0.05) is 4.98 Å². The van der Waals surface area contributed by atoms with Gasteiger partial charge in [-0.25, -0.2) is 14.3 Å². The van der Waals surface area contributed by atoms with Gasteiger partial charge in [-0.3, -0.25) is 9.09 Å².